The highest BCUT2D eigenvalue weighted by molar-refractivity contribution is 5.85. The summed E-state index contributed by atoms with van der Waals surface area (Å²) in [6, 6.07) is 0. The van der Waals surface area contributed by atoms with Crippen LogP contribution in [-0.4, -0.2) is 12.0 Å². The number of nitrogens with zero attached hydrogens (tertiary/aromatic N) is 1. The lowest BCUT2D eigenvalue weighted by Gasteiger charge is -1.88. The standard InChI is InChI=1S/C8H11NO/c1-4-5-8(6-10)9-7(2)3/h4-6H,1H2,2-3H3/b8-5-. The molecule has 0 fully saturated rings. The van der Waals surface area contributed by atoms with Crippen molar-refractivity contribution in [1.82, 2.24) is 0 Å². The molecule has 0 aliphatic rings. The van der Waals surface area contributed by atoms with Crippen LogP contribution in [0.25, 0.3) is 0 Å². The van der Waals surface area contributed by atoms with E-state index < -0.39 is 0 Å². The van der Waals surface area contributed by atoms with Gasteiger partial charge >= 0.3 is 0 Å². The summed E-state index contributed by atoms with van der Waals surface area (Å²) in [5, 5.41) is 0. The van der Waals surface area contributed by atoms with Crippen molar-refractivity contribution in [3.8, 4) is 0 Å². The van der Waals surface area contributed by atoms with Gasteiger partial charge in [0.2, 0.25) is 0 Å². The summed E-state index contributed by atoms with van der Waals surface area (Å²) in [5.74, 6) is 0. The minimum atomic E-state index is 0.412. The van der Waals surface area contributed by atoms with Crippen LogP contribution in [0, 0.1) is 0 Å². The van der Waals surface area contributed by atoms with Crippen LogP contribution in [-0.2, 0) is 4.79 Å². The molecule has 0 aliphatic heterocycles. The molecular formula is C8H11NO. The van der Waals surface area contributed by atoms with Gasteiger partial charge in [0, 0.05) is 5.71 Å². The lowest BCUT2D eigenvalue weighted by Crippen LogP contribution is -1.85. The zero-order chi connectivity index (χ0) is 7.98. The third-order valence-electron chi connectivity index (χ3n) is 0.762. The molecule has 0 aromatic carbocycles. The molecule has 2 heteroatoms. The van der Waals surface area contributed by atoms with Crippen LogP contribution in [0.3, 0.4) is 0 Å². The maximum absolute atomic E-state index is 10.2. The van der Waals surface area contributed by atoms with Crippen LogP contribution >= 0.6 is 0 Å². The van der Waals surface area contributed by atoms with E-state index in [4.69, 9.17) is 0 Å². The molecule has 0 atom stereocenters. The normalized spacial score (nSPS) is 10.4. The van der Waals surface area contributed by atoms with Gasteiger partial charge in [0.25, 0.3) is 0 Å². The fourth-order valence-electron chi connectivity index (χ4n) is 0.482. The maximum Gasteiger partial charge on any atom is 0.168 e. The van der Waals surface area contributed by atoms with Gasteiger partial charge < -0.3 is 0 Å². The first-order valence-corrected chi connectivity index (χ1v) is 3.00. The van der Waals surface area contributed by atoms with Gasteiger partial charge in [-0.3, -0.25) is 9.79 Å². The Morgan fingerprint density at radius 3 is 2.40 bits per heavy atom. The van der Waals surface area contributed by atoms with E-state index in [9.17, 15) is 4.79 Å². The van der Waals surface area contributed by atoms with Crippen LogP contribution in [0.2, 0.25) is 0 Å². The van der Waals surface area contributed by atoms with Gasteiger partial charge in [0.05, 0.1) is 0 Å². The van der Waals surface area contributed by atoms with Gasteiger partial charge in [-0.15, -0.1) is 0 Å². The second-order valence-electron chi connectivity index (χ2n) is 2.00. The number of aliphatic imine (C=N–C) groups is 1. The van der Waals surface area contributed by atoms with Crippen LogP contribution in [0.1, 0.15) is 13.8 Å². The van der Waals surface area contributed by atoms with Crippen LogP contribution in [0.15, 0.2) is 29.4 Å². The molecule has 0 spiro atoms. The summed E-state index contributed by atoms with van der Waals surface area (Å²) >= 11 is 0. The monoisotopic (exact) mass is 137 g/mol. The average Bonchev–Trinajstić information content (AvgIpc) is 1.86. The van der Waals surface area contributed by atoms with E-state index in [1.165, 1.54) is 6.08 Å². The lowest BCUT2D eigenvalue weighted by atomic mass is 10.4. The highest BCUT2D eigenvalue weighted by atomic mass is 16.1. The number of allylic oxidation sites excluding steroid dienone is 3. The van der Waals surface area contributed by atoms with E-state index in [0.717, 1.165) is 5.71 Å². The molecule has 10 heavy (non-hydrogen) atoms. The predicted octanol–water partition coefficient (Wildman–Crippen LogP) is 1.74. The number of carbonyl (C=O) groups is 1. The van der Waals surface area contributed by atoms with Gasteiger partial charge in [0.15, 0.2) is 6.29 Å². The minimum Gasteiger partial charge on any atom is -0.296 e. The van der Waals surface area contributed by atoms with Crippen molar-refractivity contribution in [2.75, 3.05) is 0 Å². The zero-order valence-corrected chi connectivity index (χ0v) is 6.29. The molecule has 0 unspecified atom stereocenters. The summed E-state index contributed by atoms with van der Waals surface area (Å²) in [6.07, 6.45) is 3.81. The van der Waals surface area contributed by atoms with Crippen LogP contribution in [0.5, 0.6) is 0 Å². The number of rotatable bonds is 3. The second kappa shape index (κ2) is 4.68. The smallest absolute Gasteiger partial charge is 0.168 e. The minimum absolute atomic E-state index is 0.412. The Kier molecular flexibility index (Phi) is 4.12. The first-order valence-electron chi connectivity index (χ1n) is 3.00. The molecular weight excluding hydrogens is 126 g/mol. The zero-order valence-electron chi connectivity index (χ0n) is 6.29. The molecule has 0 bridgehead atoms. The van der Waals surface area contributed by atoms with Gasteiger partial charge in [-0.2, -0.15) is 0 Å². The second-order valence-corrected chi connectivity index (χ2v) is 2.00. The summed E-state index contributed by atoms with van der Waals surface area (Å²) in [5.41, 5.74) is 1.27. The highest BCUT2D eigenvalue weighted by Gasteiger charge is 1.86. The van der Waals surface area contributed by atoms with Gasteiger partial charge in [-0.1, -0.05) is 12.7 Å². The van der Waals surface area contributed by atoms with E-state index in [1.807, 2.05) is 13.8 Å². The molecule has 2 nitrogen and oxygen atoms in total. The largest absolute Gasteiger partial charge is 0.296 e. The Bertz CT molecular complexity index is 185. The fraction of sp³-hybridized carbons (Fsp3) is 0.250. The van der Waals surface area contributed by atoms with Crippen molar-refractivity contribution < 1.29 is 4.79 Å². The molecule has 0 N–H and O–H groups in total. The molecule has 54 valence electrons. The van der Waals surface area contributed by atoms with Crippen molar-refractivity contribution >= 4 is 12.0 Å². The van der Waals surface area contributed by atoms with E-state index in [0.29, 0.717) is 12.0 Å². The SMILES string of the molecule is C=C/C=C(/C=O)N=C(C)C. The number of aldehydes is 1. The Balaban J connectivity index is 4.37. The van der Waals surface area contributed by atoms with Gasteiger partial charge in [-0.25, -0.2) is 0 Å². The predicted molar refractivity (Wildman–Crippen MR) is 43.1 cm³/mol. The van der Waals surface area contributed by atoms with Gasteiger partial charge in [0.1, 0.15) is 5.70 Å². The Morgan fingerprint density at radius 1 is 1.50 bits per heavy atom. The van der Waals surface area contributed by atoms with E-state index in [2.05, 4.69) is 11.6 Å². The van der Waals surface area contributed by atoms with E-state index >= 15 is 0 Å². The summed E-state index contributed by atoms with van der Waals surface area (Å²) in [4.78, 5) is 14.1. The lowest BCUT2D eigenvalue weighted by molar-refractivity contribution is -0.104. The molecule has 0 aliphatic carbocycles. The van der Waals surface area contributed by atoms with E-state index in [1.54, 1.807) is 6.08 Å². The van der Waals surface area contributed by atoms with Crippen molar-refractivity contribution in [3.05, 3.63) is 24.4 Å². The number of hydrogen-bond acceptors (Lipinski definition) is 2. The summed E-state index contributed by atoms with van der Waals surface area (Å²) in [7, 11) is 0. The molecule has 0 rings (SSSR count). The Labute approximate surface area is 61.0 Å². The van der Waals surface area contributed by atoms with Crippen LogP contribution in [0.4, 0.5) is 0 Å². The number of hydrogen-bond donors (Lipinski definition) is 0. The first kappa shape index (κ1) is 8.82. The molecule has 0 heterocycles. The van der Waals surface area contributed by atoms with Crippen molar-refractivity contribution in [2.45, 2.75) is 13.8 Å². The quantitative estimate of drug-likeness (QED) is 0.252. The third-order valence-corrected chi connectivity index (χ3v) is 0.762. The molecule has 0 radical (unpaired) electrons. The highest BCUT2D eigenvalue weighted by Crippen LogP contribution is 1.92. The summed E-state index contributed by atoms with van der Waals surface area (Å²) in [6.45, 7) is 7.12. The Hall–Kier alpha value is -1.18. The van der Waals surface area contributed by atoms with Crippen molar-refractivity contribution in [2.24, 2.45) is 4.99 Å². The third kappa shape index (κ3) is 3.78. The fourth-order valence-corrected chi connectivity index (χ4v) is 0.482. The van der Waals surface area contributed by atoms with Crippen LogP contribution < -0.4 is 0 Å². The summed E-state index contributed by atoms with van der Waals surface area (Å²) < 4.78 is 0. The first-order chi connectivity index (χ1) is 4.70. The molecule has 0 amide bonds. The topological polar surface area (TPSA) is 29.4 Å². The molecule has 0 aromatic rings. The van der Waals surface area contributed by atoms with E-state index in [-0.39, 0.29) is 0 Å². The molecule has 0 aromatic heterocycles. The van der Waals surface area contributed by atoms with Crippen molar-refractivity contribution in [1.29, 1.82) is 0 Å². The average molecular weight is 137 g/mol. The van der Waals surface area contributed by atoms with Crippen molar-refractivity contribution in [3.63, 3.8) is 0 Å². The maximum atomic E-state index is 10.2. The molecule has 0 saturated carbocycles. The molecule has 0 saturated heterocycles. The Morgan fingerprint density at radius 2 is 2.10 bits per heavy atom. The number of carbonyl (C=O) groups excluding carboxylic acids is 1. The van der Waals surface area contributed by atoms with Gasteiger partial charge in [-0.05, 0) is 19.9 Å².